The third-order valence-corrected chi connectivity index (χ3v) is 8.13. The van der Waals surface area contributed by atoms with Crippen LogP contribution in [0.4, 0.5) is 0 Å². The first-order valence-electron chi connectivity index (χ1n) is 10.9. The minimum atomic E-state index is -3.40. The highest BCUT2D eigenvalue weighted by Gasteiger charge is 2.36. The second-order valence-corrected chi connectivity index (χ2v) is 10.7. The fraction of sp³-hybridized carbons (Fsp3) is 0.500. The van der Waals surface area contributed by atoms with Crippen LogP contribution in [0, 0.1) is 0 Å². The number of hydrogen-bond acceptors (Lipinski definition) is 6. The summed E-state index contributed by atoms with van der Waals surface area (Å²) in [6, 6.07) is 18.3. The fourth-order valence-electron chi connectivity index (χ4n) is 4.12. The first-order valence-corrected chi connectivity index (χ1v) is 12.6. The molecule has 2 fully saturated rings. The number of rotatable bonds is 4. The molecule has 4 rings (SSSR count). The molecule has 2 aliphatic heterocycles. The standard InChI is InChI=1S/C13H19NO3S.C11H15NO/c1-14-9-7-13(15,8-10-14)11-18(16,17)12-5-3-2-4-6-12;13-11(6-8-12-9-7-11)10-4-2-1-3-5-10/h2-6,15H,7-11H2,1H3;1-5,12-13H,6-9H2. The molecule has 2 saturated heterocycles. The lowest BCUT2D eigenvalue weighted by Crippen LogP contribution is -2.47. The van der Waals surface area contributed by atoms with Gasteiger partial charge in [-0.05, 0) is 63.5 Å². The molecule has 3 N–H and O–H groups in total. The fourth-order valence-corrected chi connectivity index (χ4v) is 5.86. The summed E-state index contributed by atoms with van der Waals surface area (Å²) in [6.07, 6.45) is 2.65. The van der Waals surface area contributed by atoms with Gasteiger partial charge in [0.05, 0.1) is 21.9 Å². The number of hydrogen-bond donors (Lipinski definition) is 3. The predicted molar refractivity (Wildman–Crippen MR) is 123 cm³/mol. The number of likely N-dealkylation sites (tertiary alicyclic amines) is 1. The van der Waals surface area contributed by atoms with E-state index in [9.17, 15) is 18.6 Å². The van der Waals surface area contributed by atoms with Crippen molar-refractivity contribution in [2.24, 2.45) is 0 Å². The van der Waals surface area contributed by atoms with Crippen molar-refractivity contribution < 1.29 is 18.6 Å². The summed E-state index contributed by atoms with van der Waals surface area (Å²) in [6.45, 7) is 3.29. The maximum Gasteiger partial charge on any atom is 0.181 e. The molecule has 0 saturated carbocycles. The normalized spacial score (nSPS) is 21.0. The molecular weight excluding hydrogens is 412 g/mol. The predicted octanol–water partition coefficient (Wildman–Crippen LogP) is 2.17. The smallest absolute Gasteiger partial charge is 0.181 e. The Morgan fingerprint density at radius 2 is 1.39 bits per heavy atom. The number of sulfone groups is 1. The van der Waals surface area contributed by atoms with E-state index in [1.807, 2.05) is 37.4 Å². The minimum absolute atomic E-state index is 0.183. The maximum atomic E-state index is 12.2. The lowest BCUT2D eigenvalue weighted by Gasteiger charge is -2.36. The highest BCUT2D eigenvalue weighted by atomic mass is 32.2. The van der Waals surface area contributed by atoms with Gasteiger partial charge in [-0.15, -0.1) is 0 Å². The summed E-state index contributed by atoms with van der Waals surface area (Å²) in [5.74, 6) is -0.183. The molecule has 0 aliphatic carbocycles. The van der Waals surface area contributed by atoms with E-state index in [2.05, 4.69) is 10.2 Å². The number of nitrogens with zero attached hydrogens (tertiary/aromatic N) is 1. The van der Waals surface area contributed by atoms with Crippen molar-refractivity contribution in [1.82, 2.24) is 10.2 Å². The van der Waals surface area contributed by atoms with Crippen LogP contribution in [0.25, 0.3) is 0 Å². The monoisotopic (exact) mass is 446 g/mol. The van der Waals surface area contributed by atoms with E-state index < -0.39 is 21.0 Å². The maximum absolute atomic E-state index is 12.2. The second-order valence-electron chi connectivity index (χ2n) is 8.75. The van der Waals surface area contributed by atoms with Crippen molar-refractivity contribution in [3.63, 3.8) is 0 Å². The summed E-state index contributed by atoms with van der Waals surface area (Å²) in [7, 11) is -1.43. The van der Waals surface area contributed by atoms with Gasteiger partial charge in [0.25, 0.3) is 0 Å². The van der Waals surface area contributed by atoms with Crippen LogP contribution in [-0.2, 0) is 15.4 Å². The molecule has 2 aliphatic rings. The molecule has 0 bridgehead atoms. The van der Waals surface area contributed by atoms with Crippen LogP contribution in [0.5, 0.6) is 0 Å². The van der Waals surface area contributed by atoms with Gasteiger partial charge in [0, 0.05) is 13.1 Å². The molecule has 0 unspecified atom stereocenters. The number of piperidine rings is 2. The Morgan fingerprint density at radius 1 is 0.871 bits per heavy atom. The number of aliphatic hydroxyl groups is 2. The molecule has 7 heteroatoms. The SMILES string of the molecule is CN1CCC(O)(CS(=O)(=O)c2ccccc2)CC1.OC1(c2ccccc2)CCNCC1. The Hall–Kier alpha value is -1.77. The average molecular weight is 447 g/mol. The first kappa shape index (κ1) is 23.9. The minimum Gasteiger partial charge on any atom is -0.389 e. The molecule has 2 aromatic rings. The second kappa shape index (κ2) is 10.2. The van der Waals surface area contributed by atoms with Crippen LogP contribution in [0.3, 0.4) is 0 Å². The molecule has 2 aromatic carbocycles. The molecule has 0 atom stereocenters. The van der Waals surface area contributed by atoms with Crippen molar-refractivity contribution in [2.45, 2.75) is 41.8 Å². The van der Waals surface area contributed by atoms with Crippen molar-refractivity contribution in [3.8, 4) is 0 Å². The first-order chi connectivity index (χ1) is 14.7. The van der Waals surface area contributed by atoms with Gasteiger partial charge in [-0.2, -0.15) is 0 Å². The van der Waals surface area contributed by atoms with Crippen molar-refractivity contribution >= 4 is 9.84 Å². The summed E-state index contributed by atoms with van der Waals surface area (Å²) in [5, 5.41) is 23.9. The van der Waals surface area contributed by atoms with E-state index in [1.54, 1.807) is 30.3 Å². The average Bonchev–Trinajstić information content (AvgIpc) is 2.78. The summed E-state index contributed by atoms with van der Waals surface area (Å²) in [4.78, 5) is 2.39. The Labute approximate surface area is 185 Å². The van der Waals surface area contributed by atoms with E-state index in [4.69, 9.17) is 0 Å². The van der Waals surface area contributed by atoms with E-state index in [-0.39, 0.29) is 10.6 Å². The lowest BCUT2D eigenvalue weighted by molar-refractivity contribution is 0.00383. The third kappa shape index (κ3) is 6.60. The Kier molecular flexibility index (Phi) is 7.88. The summed E-state index contributed by atoms with van der Waals surface area (Å²) >= 11 is 0. The van der Waals surface area contributed by atoms with Crippen LogP contribution in [0.2, 0.25) is 0 Å². The van der Waals surface area contributed by atoms with Crippen molar-refractivity contribution in [3.05, 3.63) is 66.2 Å². The zero-order valence-electron chi connectivity index (χ0n) is 18.2. The Bertz CT molecular complexity index is 905. The molecule has 2 heterocycles. The van der Waals surface area contributed by atoms with Gasteiger partial charge in [-0.1, -0.05) is 48.5 Å². The van der Waals surface area contributed by atoms with Crippen LogP contribution >= 0.6 is 0 Å². The van der Waals surface area contributed by atoms with Crippen molar-refractivity contribution in [1.29, 1.82) is 0 Å². The van der Waals surface area contributed by atoms with Gasteiger partial charge < -0.3 is 20.4 Å². The van der Waals surface area contributed by atoms with Crippen LogP contribution in [0.1, 0.15) is 31.2 Å². The molecule has 31 heavy (non-hydrogen) atoms. The Morgan fingerprint density at radius 3 is 1.94 bits per heavy atom. The molecule has 0 radical (unpaired) electrons. The number of benzene rings is 2. The quantitative estimate of drug-likeness (QED) is 0.667. The van der Waals surface area contributed by atoms with E-state index in [1.165, 1.54) is 0 Å². The molecule has 0 spiro atoms. The zero-order valence-corrected chi connectivity index (χ0v) is 19.0. The lowest BCUT2D eigenvalue weighted by atomic mass is 9.85. The molecule has 6 nitrogen and oxygen atoms in total. The van der Waals surface area contributed by atoms with Gasteiger partial charge in [0.2, 0.25) is 0 Å². The van der Waals surface area contributed by atoms with Crippen molar-refractivity contribution in [2.75, 3.05) is 39.0 Å². The van der Waals surface area contributed by atoms with E-state index >= 15 is 0 Å². The topological polar surface area (TPSA) is 89.9 Å². The van der Waals surface area contributed by atoms with Gasteiger partial charge in [-0.25, -0.2) is 8.42 Å². The Balaban J connectivity index is 0.000000185. The van der Waals surface area contributed by atoms with E-state index in [0.29, 0.717) is 12.8 Å². The highest BCUT2D eigenvalue weighted by molar-refractivity contribution is 7.91. The van der Waals surface area contributed by atoms with Gasteiger partial charge in [0.15, 0.2) is 9.84 Å². The molecule has 0 amide bonds. The summed E-state index contributed by atoms with van der Waals surface area (Å²) in [5.41, 5.74) is -0.621. The third-order valence-electron chi connectivity index (χ3n) is 6.22. The van der Waals surface area contributed by atoms with Gasteiger partial charge >= 0.3 is 0 Å². The van der Waals surface area contributed by atoms with Crippen LogP contribution < -0.4 is 5.32 Å². The summed E-state index contributed by atoms with van der Waals surface area (Å²) < 4.78 is 24.4. The molecule has 0 aromatic heterocycles. The van der Waals surface area contributed by atoms with Gasteiger partial charge in [-0.3, -0.25) is 0 Å². The zero-order chi connectivity index (χ0) is 22.4. The highest BCUT2D eigenvalue weighted by Crippen LogP contribution is 2.30. The van der Waals surface area contributed by atoms with E-state index in [0.717, 1.165) is 44.6 Å². The van der Waals surface area contributed by atoms with Gasteiger partial charge in [0.1, 0.15) is 0 Å². The molecular formula is C24H34N2O4S. The molecule has 170 valence electrons. The number of nitrogens with one attached hydrogen (secondary N) is 1. The van der Waals surface area contributed by atoms with Crippen LogP contribution in [0.15, 0.2) is 65.6 Å². The largest absolute Gasteiger partial charge is 0.389 e. The van der Waals surface area contributed by atoms with Crippen LogP contribution in [-0.4, -0.2) is 68.1 Å².